The van der Waals surface area contributed by atoms with E-state index >= 15 is 0 Å². The standard InChI is InChI=1S/C12H20N2O7S/c1-21-11(19)8(5-6-22-2)14-12(20)13-7(10(17)18)3-4-9(15)16/h7-8H,3-6H2,1-2H3,(H,15,16)(H,17,18)(H2,13,14,20)/i2-1. The van der Waals surface area contributed by atoms with Crippen molar-refractivity contribution >= 4 is 35.7 Å². The fourth-order valence-corrected chi connectivity index (χ4v) is 1.98. The van der Waals surface area contributed by atoms with Crippen molar-refractivity contribution in [3.8, 4) is 0 Å². The quantitative estimate of drug-likeness (QED) is 0.405. The lowest BCUT2D eigenvalue weighted by atomic mass is 10.1. The highest BCUT2D eigenvalue weighted by Gasteiger charge is 2.25. The summed E-state index contributed by atoms with van der Waals surface area (Å²) in [5.74, 6) is -2.56. The van der Waals surface area contributed by atoms with Gasteiger partial charge >= 0.3 is 23.9 Å². The molecule has 0 aliphatic rings. The van der Waals surface area contributed by atoms with Gasteiger partial charge in [-0.1, -0.05) is 0 Å². The third-order valence-corrected chi connectivity index (χ3v) is 3.30. The van der Waals surface area contributed by atoms with Crippen LogP contribution in [0.4, 0.5) is 4.79 Å². The lowest BCUT2D eigenvalue weighted by molar-refractivity contribution is -0.143. The summed E-state index contributed by atoms with van der Waals surface area (Å²) >= 11 is 1.48. The molecule has 0 aliphatic heterocycles. The van der Waals surface area contributed by atoms with Crippen molar-refractivity contribution in [1.82, 2.24) is 10.6 Å². The Labute approximate surface area is 131 Å². The zero-order chi connectivity index (χ0) is 17.1. The number of amides is 2. The predicted molar refractivity (Wildman–Crippen MR) is 78.8 cm³/mol. The van der Waals surface area contributed by atoms with Crippen LogP contribution in [0, 0.1) is 0 Å². The molecule has 4 N–H and O–H groups in total. The van der Waals surface area contributed by atoms with Crippen LogP contribution < -0.4 is 10.6 Å². The van der Waals surface area contributed by atoms with Crippen LogP contribution in [-0.4, -0.2) is 65.4 Å². The molecule has 0 fully saturated rings. The number of carbonyl (C=O) groups excluding carboxylic acids is 2. The molecule has 0 radical (unpaired) electrons. The minimum Gasteiger partial charge on any atom is -0.481 e. The number of hydrogen-bond donors (Lipinski definition) is 4. The second-order valence-electron chi connectivity index (χ2n) is 4.30. The first-order valence-electron chi connectivity index (χ1n) is 6.40. The number of esters is 1. The Kier molecular flexibility index (Phi) is 9.75. The number of ether oxygens (including phenoxy) is 1. The number of methoxy groups -OCH3 is 1. The minimum atomic E-state index is -1.35. The van der Waals surface area contributed by atoms with Gasteiger partial charge in [0.2, 0.25) is 0 Å². The summed E-state index contributed by atoms with van der Waals surface area (Å²) in [6.07, 6.45) is 1.50. The Morgan fingerprint density at radius 2 is 1.68 bits per heavy atom. The molecular formula is C12H20N2O7S. The van der Waals surface area contributed by atoms with Crippen molar-refractivity contribution in [3.05, 3.63) is 0 Å². The normalized spacial score (nSPS) is 12.8. The van der Waals surface area contributed by atoms with Crippen LogP contribution in [0.15, 0.2) is 0 Å². The topological polar surface area (TPSA) is 142 Å². The molecule has 0 aromatic heterocycles. The van der Waals surface area contributed by atoms with E-state index in [4.69, 9.17) is 10.2 Å². The molecule has 2 atom stereocenters. The first-order chi connectivity index (χ1) is 10.3. The van der Waals surface area contributed by atoms with Gasteiger partial charge in [0.05, 0.1) is 7.11 Å². The molecule has 0 aromatic rings. The second kappa shape index (κ2) is 10.7. The van der Waals surface area contributed by atoms with E-state index < -0.39 is 42.4 Å². The molecule has 0 saturated heterocycles. The monoisotopic (exact) mass is 335 g/mol. The molecule has 0 bridgehead atoms. The van der Waals surface area contributed by atoms with E-state index in [1.54, 1.807) is 0 Å². The number of thioether (sulfide) groups is 1. The molecule has 0 saturated carbocycles. The van der Waals surface area contributed by atoms with Gasteiger partial charge in [-0.05, 0) is 24.9 Å². The van der Waals surface area contributed by atoms with Crippen molar-refractivity contribution in [2.75, 3.05) is 19.1 Å². The maximum Gasteiger partial charge on any atom is 0.328 e. The minimum absolute atomic E-state index is 0.258. The molecule has 2 amide bonds. The van der Waals surface area contributed by atoms with E-state index in [1.807, 2.05) is 6.26 Å². The second-order valence-corrected chi connectivity index (χ2v) is 5.28. The Morgan fingerprint density at radius 1 is 1.09 bits per heavy atom. The average molecular weight is 335 g/mol. The van der Waals surface area contributed by atoms with E-state index in [1.165, 1.54) is 18.9 Å². The van der Waals surface area contributed by atoms with Gasteiger partial charge in [0.1, 0.15) is 12.1 Å². The molecular weight excluding hydrogens is 315 g/mol. The maximum absolute atomic E-state index is 11.7. The van der Waals surface area contributed by atoms with Gasteiger partial charge in [-0.25, -0.2) is 14.4 Å². The molecule has 126 valence electrons. The number of urea groups is 1. The largest absolute Gasteiger partial charge is 0.481 e. The van der Waals surface area contributed by atoms with Gasteiger partial charge in [0, 0.05) is 6.42 Å². The van der Waals surface area contributed by atoms with Gasteiger partial charge in [0.25, 0.3) is 0 Å². The highest BCUT2D eigenvalue weighted by molar-refractivity contribution is 7.98. The first-order valence-corrected chi connectivity index (χ1v) is 7.79. The molecule has 0 rings (SSSR count). The first kappa shape index (κ1) is 20.0. The number of rotatable bonds is 10. The van der Waals surface area contributed by atoms with E-state index in [9.17, 15) is 19.2 Å². The van der Waals surface area contributed by atoms with Gasteiger partial charge in [-0.3, -0.25) is 4.79 Å². The smallest absolute Gasteiger partial charge is 0.328 e. The summed E-state index contributed by atoms with van der Waals surface area (Å²) in [6, 6.07) is -3.12. The fourth-order valence-electron chi connectivity index (χ4n) is 1.51. The van der Waals surface area contributed by atoms with Crippen LogP contribution in [0.3, 0.4) is 0 Å². The van der Waals surface area contributed by atoms with Gasteiger partial charge in [-0.15, -0.1) is 0 Å². The summed E-state index contributed by atoms with van der Waals surface area (Å²) in [7, 11) is 1.18. The van der Waals surface area contributed by atoms with Crippen LogP contribution in [0.2, 0.25) is 0 Å². The summed E-state index contributed by atoms with van der Waals surface area (Å²) in [5.41, 5.74) is 0. The van der Waals surface area contributed by atoms with Crippen molar-refractivity contribution in [1.29, 1.82) is 0 Å². The zero-order valence-corrected chi connectivity index (χ0v) is 13.1. The molecule has 0 spiro atoms. The van der Waals surface area contributed by atoms with Crippen LogP contribution in [-0.2, 0) is 19.1 Å². The van der Waals surface area contributed by atoms with E-state index in [2.05, 4.69) is 15.4 Å². The van der Waals surface area contributed by atoms with Gasteiger partial charge in [0.15, 0.2) is 0 Å². The third kappa shape index (κ3) is 8.35. The predicted octanol–water partition coefficient (Wildman–Crippen LogP) is -0.102. The Balaban J connectivity index is 4.59. The van der Waals surface area contributed by atoms with Crippen molar-refractivity contribution in [2.45, 2.75) is 31.3 Å². The average Bonchev–Trinajstić information content (AvgIpc) is 2.46. The molecule has 0 aliphatic carbocycles. The lowest BCUT2D eigenvalue weighted by Crippen LogP contribution is -2.51. The number of hydrogen-bond acceptors (Lipinski definition) is 6. The van der Waals surface area contributed by atoms with Crippen LogP contribution >= 0.6 is 11.8 Å². The summed E-state index contributed by atoms with van der Waals surface area (Å²) in [5, 5.41) is 21.9. The molecule has 22 heavy (non-hydrogen) atoms. The zero-order valence-electron chi connectivity index (χ0n) is 12.3. The number of nitrogens with one attached hydrogen (secondary N) is 2. The summed E-state index contributed by atoms with van der Waals surface area (Å²) in [6.45, 7) is 0. The third-order valence-electron chi connectivity index (χ3n) is 2.65. The van der Waals surface area contributed by atoms with E-state index in [0.29, 0.717) is 12.2 Å². The van der Waals surface area contributed by atoms with Gasteiger partial charge in [-0.2, -0.15) is 11.8 Å². The van der Waals surface area contributed by atoms with Gasteiger partial charge < -0.3 is 25.6 Å². The Morgan fingerprint density at radius 3 is 2.14 bits per heavy atom. The molecule has 10 heteroatoms. The molecule has 0 aromatic carbocycles. The maximum atomic E-state index is 11.7. The van der Waals surface area contributed by atoms with Crippen LogP contribution in [0.25, 0.3) is 0 Å². The number of carbonyl (C=O) groups is 4. The molecule has 9 nitrogen and oxygen atoms in total. The lowest BCUT2D eigenvalue weighted by Gasteiger charge is -2.19. The summed E-state index contributed by atoms with van der Waals surface area (Å²) < 4.78 is 4.56. The highest BCUT2D eigenvalue weighted by Crippen LogP contribution is 2.03. The number of aliphatic carboxylic acids is 2. The van der Waals surface area contributed by atoms with Crippen molar-refractivity contribution < 1.29 is 34.1 Å². The van der Waals surface area contributed by atoms with Crippen LogP contribution in [0.5, 0.6) is 0 Å². The van der Waals surface area contributed by atoms with Crippen molar-refractivity contribution in [3.63, 3.8) is 0 Å². The van der Waals surface area contributed by atoms with Crippen molar-refractivity contribution in [2.24, 2.45) is 0 Å². The molecule has 2 unspecified atom stereocenters. The van der Waals surface area contributed by atoms with E-state index in [0.717, 1.165) is 0 Å². The number of carboxylic acid groups (broad SMARTS) is 2. The molecule has 0 heterocycles. The Hall–Kier alpha value is -1.97. The SMILES string of the molecule is COC(=O)C(CCS[11CH3])NC(=O)NC(CCC(=O)O)C(=O)O. The Bertz CT molecular complexity index is 416. The summed E-state index contributed by atoms with van der Waals surface area (Å²) in [4.78, 5) is 44.7. The van der Waals surface area contributed by atoms with E-state index in [-0.39, 0.29) is 6.42 Å². The number of carboxylic acids is 2. The van der Waals surface area contributed by atoms with Crippen LogP contribution in [0.1, 0.15) is 19.3 Å². The fraction of sp³-hybridized carbons (Fsp3) is 0.667. The highest BCUT2D eigenvalue weighted by atomic mass is 32.2.